The maximum atomic E-state index is 6.35. The van der Waals surface area contributed by atoms with Crippen molar-refractivity contribution in [2.45, 2.75) is 20.0 Å². The van der Waals surface area contributed by atoms with Crippen LogP contribution in [-0.2, 0) is 13.1 Å². The van der Waals surface area contributed by atoms with Crippen molar-refractivity contribution in [2.75, 3.05) is 18.5 Å². The van der Waals surface area contributed by atoms with Crippen molar-refractivity contribution >= 4 is 17.3 Å². The number of nitrogens with zero attached hydrogens (tertiary/aromatic N) is 1. The van der Waals surface area contributed by atoms with E-state index < -0.39 is 0 Å². The van der Waals surface area contributed by atoms with Gasteiger partial charge in [-0.05, 0) is 30.3 Å². The van der Waals surface area contributed by atoms with E-state index in [2.05, 4.69) is 29.3 Å². The Kier molecular flexibility index (Phi) is 4.88. The largest absolute Gasteiger partial charge is 0.472 e. The van der Waals surface area contributed by atoms with Gasteiger partial charge in [0, 0.05) is 25.7 Å². The lowest BCUT2D eigenvalue weighted by Gasteiger charge is -2.20. The Morgan fingerprint density at radius 1 is 1.26 bits per heavy atom. The molecule has 0 amide bonds. The first-order valence-electron chi connectivity index (χ1n) is 6.42. The second-order valence-corrected chi connectivity index (χ2v) is 4.96. The van der Waals surface area contributed by atoms with E-state index in [0.29, 0.717) is 0 Å². The van der Waals surface area contributed by atoms with Crippen molar-refractivity contribution in [3.63, 3.8) is 0 Å². The maximum absolute atomic E-state index is 6.35. The summed E-state index contributed by atoms with van der Waals surface area (Å²) in [7, 11) is 2.03. The topological polar surface area (TPSA) is 28.4 Å². The Bertz CT molecular complexity index is 511. The summed E-state index contributed by atoms with van der Waals surface area (Å²) < 4.78 is 5.08. The summed E-state index contributed by atoms with van der Waals surface area (Å²) in [5, 5.41) is 4.07. The lowest BCUT2D eigenvalue weighted by atomic mass is 10.2. The smallest absolute Gasteiger partial charge is 0.0952 e. The normalized spacial score (nSPS) is 10.7. The van der Waals surface area contributed by atoms with Gasteiger partial charge < -0.3 is 14.6 Å². The van der Waals surface area contributed by atoms with Gasteiger partial charge in [0.2, 0.25) is 0 Å². The molecule has 2 aromatic rings. The molecule has 1 aromatic carbocycles. The first-order chi connectivity index (χ1) is 9.20. The quantitative estimate of drug-likeness (QED) is 0.874. The van der Waals surface area contributed by atoms with Crippen LogP contribution in [0, 0.1) is 0 Å². The Hall–Kier alpha value is -1.45. The fourth-order valence-corrected chi connectivity index (χ4v) is 2.33. The third kappa shape index (κ3) is 3.75. The van der Waals surface area contributed by atoms with Gasteiger partial charge >= 0.3 is 0 Å². The predicted molar refractivity (Wildman–Crippen MR) is 79.6 cm³/mol. The van der Waals surface area contributed by atoms with E-state index in [4.69, 9.17) is 16.0 Å². The van der Waals surface area contributed by atoms with Crippen LogP contribution in [0.3, 0.4) is 0 Å². The van der Waals surface area contributed by atoms with Crippen LogP contribution in [0.5, 0.6) is 0 Å². The number of rotatable bonds is 6. The van der Waals surface area contributed by atoms with Crippen LogP contribution in [0.15, 0.2) is 41.2 Å². The summed E-state index contributed by atoms with van der Waals surface area (Å²) in [5.41, 5.74) is 3.37. The molecule has 0 aliphatic carbocycles. The first kappa shape index (κ1) is 14.0. The molecule has 1 heterocycles. The first-order valence-corrected chi connectivity index (χ1v) is 6.80. The molecule has 0 spiro atoms. The van der Waals surface area contributed by atoms with Crippen LogP contribution in [0.4, 0.5) is 5.69 Å². The van der Waals surface area contributed by atoms with Crippen molar-refractivity contribution in [2.24, 2.45) is 0 Å². The second kappa shape index (κ2) is 6.64. The fraction of sp³-hybridized carbons (Fsp3) is 0.333. The molecular formula is C15H19ClN2O. The number of benzene rings is 1. The van der Waals surface area contributed by atoms with Crippen LogP contribution in [0.2, 0.25) is 5.02 Å². The third-order valence-electron chi connectivity index (χ3n) is 3.00. The minimum Gasteiger partial charge on any atom is -0.472 e. The van der Waals surface area contributed by atoms with Crippen molar-refractivity contribution in [3.05, 3.63) is 52.9 Å². The van der Waals surface area contributed by atoms with Crippen LogP contribution in [0.25, 0.3) is 0 Å². The molecule has 0 radical (unpaired) electrons. The zero-order valence-corrected chi connectivity index (χ0v) is 12.1. The number of anilines is 1. The average Bonchev–Trinajstić information content (AvgIpc) is 2.89. The molecule has 1 N–H and O–H groups in total. The number of hydrogen-bond donors (Lipinski definition) is 1. The van der Waals surface area contributed by atoms with Gasteiger partial charge in [-0.1, -0.05) is 24.6 Å². The monoisotopic (exact) mass is 278 g/mol. The Morgan fingerprint density at radius 2 is 2.11 bits per heavy atom. The SMILES string of the molecule is CCNCc1ccc(N(C)Cc2ccoc2)c(Cl)c1. The van der Waals surface area contributed by atoms with Crippen molar-refractivity contribution in [3.8, 4) is 0 Å². The highest BCUT2D eigenvalue weighted by Gasteiger charge is 2.08. The maximum Gasteiger partial charge on any atom is 0.0952 e. The van der Waals surface area contributed by atoms with E-state index in [1.54, 1.807) is 12.5 Å². The van der Waals surface area contributed by atoms with E-state index in [9.17, 15) is 0 Å². The highest BCUT2D eigenvalue weighted by Crippen LogP contribution is 2.27. The van der Waals surface area contributed by atoms with E-state index >= 15 is 0 Å². The summed E-state index contributed by atoms with van der Waals surface area (Å²) in [6, 6.07) is 8.15. The van der Waals surface area contributed by atoms with E-state index in [-0.39, 0.29) is 0 Å². The molecule has 1 aromatic heterocycles. The number of furan rings is 1. The standard InChI is InChI=1S/C15H19ClN2O/c1-3-17-9-12-4-5-15(14(16)8-12)18(2)10-13-6-7-19-11-13/h4-8,11,17H,3,9-10H2,1-2H3. The summed E-state index contributed by atoms with van der Waals surface area (Å²) in [4.78, 5) is 2.12. The van der Waals surface area contributed by atoms with Crippen molar-refractivity contribution in [1.82, 2.24) is 5.32 Å². The molecular weight excluding hydrogens is 260 g/mol. The summed E-state index contributed by atoms with van der Waals surface area (Å²) in [6.07, 6.45) is 3.44. The Labute approximate surface area is 119 Å². The van der Waals surface area contributed by atoms with Crippen LogP contribution < -0.4 is 10.2 Å². The van der Waals surface area contributed by atoms with Crippen molar-refractivity contribution in [1.29, 1.82) is 0 Å². The lowest BCUT2D eigenvalue weighted by molar-refractivity contribution is 0.563. The Balaban J connectivity index is 2.07. The zero-order valence-electron chi connectivity index (χ0n) is 11.3. The summed E-state index contributed by atoms with van der Waals surface area (Å²) >= 11 is 6.35. The van der Waals surface area contributed by atoms with Gasteiger partial charge in [0.05, 0.1) is 23.2 Å². The van der Waals surface area contributed by atoms with Gasteiger partial charge in [-0.2, -0.15) is 0 Å². The molecule has 0 unspecified atom stereocenters. The van der Waals surface area contributed by atoms with Gasteiger partial charge in [-0.15, -0.1) is 0 Å². The van der Waals surface area contributed by atoms with Gasteiger partial charge in [0.1, 0.15) is 0 Å². The van der Waals surface area contributed by atoms with Crippen molar-refractivity contribution < 1.29 is 4.42 Å². The highest BCUT2D eigenvalue weighted by atomic mass is 35.5. The molecule has 0 saturated carbocycles. The van der Waals surface area contributed by atoms with E-state index in [1.807, 2.05) is 19.2 Å². The second-order valence-electron chi connectivity index (χ2n) is 4.55. The van der Waals surface area contributed by atoms with Gasteiger partial charge in [-0.3, -0.25) is 0 Å². The number of halogens is 1. The third-order valence-corrected chi connectivity index (χ3v) is 3.31. The lowest BCUT2D eigenvalue weighted by Crippen LogP contribution is -2.17. The van der Waals surface area contributed by atoms with Gasteiger partial charge in [0.15, 0.2) is 0 Å². The van der Waals surface area contributed by atoms with Gasteiger partial charge in [0.25, 0.3) is 0 Å². The van der Waals surface area contributed by atoms with E-state index in [0.717, 1.165) is 35.9 Å². The Morgan fingerprint density at radius 3 is 2.74 bits per heavy atom. The highest BCUT2D eigenvalue weighted by molar-refractivity contribution is 6.33. The predicted octanol–water partition coefficient (Wildman–Crippen LogP) is 3.68. The molecule has 19 heavy (non-hydrogen) atoms. The molecule has 102 valence electrons. The minimum absolute atomic E-state index is 0.779. The molecule has 0 bridgehead atoms. The fourth-order valence-electron chi connectivity index (χ4n) is 1.98. The molecule has 0 saturated heterocycles. The molecule has 0 atom stereocenters. The van der Waals surface area contributed by atoms with Gasteiger partial charge in [-0.25, -0.2) is 0 Å². The zero-order chi connectivity index (χ0) is 13.7. The molecule has 2 rings (SSSR count). The van der Waals surface area contributed by atoms with Crippen LogP contribution in [-0.4, -0.2) is 13.6 Å². The molecule has 3 nitrogen and oxygen atoms in total. The van der Waals surface area contributed by atoms with Crippen LogP contribution >= 0.6 is 11.6 Å². The molecule has 0 fully saturated rings. The summed E-state index contributed by atoms with van der Waals surface area (Å²) in [6.45, 7) is 4.68. The van der Waals surface area contributed by atoms with E-state index in [1.165, 1.54) is 5.56 Å². The molecule has 4 heteroatoms. The number of nitrogens with one attached hydrogen (secondary N) is 1. The molecule has 0 aliphatic heterocycles. The summed E-state index contributed by atoms with van der Waals surface area (Å²) in [5.74, 6) is 0. The molecule has 0 aliphatic rings. The average molecular weight is 279 g/mol. The minimum atomic E-state index is 0.779. The van der Waals surface area contributed by atoms with Crippen LogP contribution in [0.1, 0.15) is 18.1 Å². The number of hydrogen-bond acceptors (Lipinski definition) is 3.